The van der Waals surface area contributed by atoms with Crippen LogP contribution >= 0.6 is 0 Å². The topological polar surface area (TPSA) is 74.3 Å². The lowest BCUT2D eigenvalue weighted by atomic mass is 10.2. The lowest BCUT2D eigenvalue weighted by Crippen LogP contribution is -2.22. The summed E-state index contributed by atoms with van der Waals surface area (Å²) in [6.07, 6.45) is 2.97. The maximum Gasteiger partial charge on any atom is 0.266 e. The standard InChI is InChI=1S/C17H15N5O2/c1-3-24-15-7-5-4-6-13(15)21-11(2)8-14-12(16(21)23)9-18-17-19-10-20-22(14)17/h4-10H,3H2,1-2H3. The van der Waals surface area contributed by atoms with Crippen molar-refractivity contribution in [3.05, 3.63) is 58.9 Å². The number of fused-ring (bicyclic) bond motifs is 3. The van der Waals surface area contributed by atoms with E-state index >= 15 is 0 Å². The summed E-state index contributed by atoms with van der Waals surface area (Å²) in [7, 11) is 0. The average Bonchev–Trinajstić information content (AvgIpc) is 3.06. The van der Waals surface area contributed by atoms with Crippen molar-refractivity contribution >= 4 is 16.7 Å². The zero-order valence-corrected chi connectivity index (χ0v) is 13.3. The van der Waals surface area contributed by atoms with Gasteiger partial charge in [-0.25, -0.2) is 4.98 Å². The monoisotopic (exact) mass is 321 g/mol. The molecule has 7 nitrogen and oxygen atoms in total. The fraction of sp³-hybridized carbons (Fsp3) is 0.176. The second-order valence-corrected chi connectivity index (χ2v) is 5.36. The average molecular weight is 321 g/mol. The maximum atomic E-state index is 13.1. The highest BCUT2D eigenvalue weighted by molar-refractivity contribution is 5.79. The van der Waals surface area contributed by atoms with Gasteiger partial charge in [-0.05, 0) is 32.0 Å². The molecule has 0 aliphatic heterocycles. The van der Waals surface area contributed by atoms with Crippen LogP contribution in [0.5, 0.6) is 5.75 Å². The van der Waals surface area contributed by atoms with Gasteiger partial charge in [-0.1, -0.05) is 12.1 Å². The summed E-state index contributed by atoms with van der Waals surface area (Å²) in [6.45, 7) is 4.32. The predicted molar refractivity (Wildman–Crippen MR) is 89.8 cm³/mol. The Bertz CT molecular complexity index is 1110. The molecule has 0 aliphatic carbocycles. The molecule has 0 spiro atoms. The third-order valence-electron chi connectivity index (χ3n) is 3.88. The number of hydrogen-bond donors (Lipinski definition) is 0. The summed E-state index contributed by atoms with van der Waals surface area (Å²) >= 11 is 0. The highest BCUT2D eigenvalue weighted by Gasteiger charge is 2.15. The van der Waals surface area contributed by atoms with E-state index in [0.717, 1.165) is 5.69 Å². The number of aromatic nitrogens is 5. The summed E-state index contributed by atoms with van der Waals surface area (Å²) in [6, 6.07) is 9.40. The molecule has 0 radical (unpaired) electrons. The molecule has 120 valence electrons. The molecule has 0 unspecified atom stereocenters. The van der Waals surface area contributed by atoms with Gasteiger partial charge in [-0.2, -0.15) is 14.6 Å². The van der Waals surface area contributed by atoms with Crippen molar-refractivity contribution in [2.75, 3.05) is 6.61 Å². The van der Waals surface area contributed by atoms with E-state index in [1.165, 1.54) is 6.33 Å². The van der Waals surface area contributed by atoms with Crippen molar-refractivity contribution in [3.63, 3.8) is 0 Å². The molecule has 4 aromatic rings. The molecule has 24 heavy (non-hydrogen) atoms. The van der Waals surface area contributed by atoms with E-state index in [-0.39, 0.29) is 5.56 Å². The molecule has 0 amide bonds. The molecule has 3 heterocycles. The molecule has 0 saturated heterocycles. The highest BCUT2D eigenvalue weighted by atomic mass is 16.5. The molecule has 3 aromatic heterocycles. The lowest BCUT2D eigenvalue weighted by molar-refractivity contribution is 0.339. The Balaban J connectivity index is 2.07. The molecule has 0 N–H and O–H groups in total. The molecule has 1 aromatic carbocycles. The van der Waals surface area contributed by atoms with Crippen molar-refractivity contribution < 1.29 is 4.74 Å². The third-order valence-corrected chi connectivity index (χ3v) is 3.88. The van der Waals surface area contributed by atoms with Crippen LogP contribution in [0.4, 0.5) is 0 Å². The summed E-state index contributed by atoms with van der Waals surface area (Å²) in [4.78, 5) is 21.3. The van der Waals surface area contributed by atoms with Gasteiger partial charge >= 0.3 is 0 Å². The number of para-hydroxylation sites is 2. The van der Waals surface area contributed by atoms with E-state index in [1.54, 1.807) is 15.3 Å². The van der Waals surface area contributed by atoms with Crippen molar-refractivity contribution in [1.29, 1.82) is 0 Å². The molecule has 0 atom stereocenters. The first-order chi connectivity index (χ1) is 11.7. The van der Waals surface area contributed by atoms with E-state index in [0.29, 0.717) is 34.7 Å². The molecule has 0 fully saturated rings. The number of rotatable bonds is 3. The van der Waals surface area contributed by atoms with Gasteiger partial charge in [0.2, 0.25) is 0 Å². The van der Waals surface area contributed by atoms with Crippen LogP contribution in [0.2, 0.25) is 0 Å². The van der Waals surface area contributed by atoms with Gasteiger partial charge in [0.1, 0.15) is 12.1 Å². The van der Waals surface area contributed by atoms with Crippen LogP contribution in [0, 0.1) is 6.92 Å². The fourth-order valence-corrected chi connectivity index (χ4v) is 2.86. The van der Waals surface area contributed by atoms with Crippen molar-refractivity contribution in [3.8, 4) is 11.4 Å². The van der Waals surface area contributed by atoms with Gasteiger partial charge in [0.25, 0.3) is 11.3 Å². The van der Waals surface area contributed by atoms with Crippen LogP contribution < -0.4 is 10.3 Å². The Morgan fingerprint density at radius 2 is 2.04 bits per heavy atom. The first-order valence-corrected chi connectivity index (χ1v) is 7.64. The summed E-state index contributed by atoms with van der Waals surface area (Å²) < 4.78 is 8.88. The summed E-state index contributed by atoms with van der Waals surface area (Å²) in [5.41, 5.74) is 2.01. The molecular weight excluding hydrogens is 306 g/mol. The smallest absolute Gasteiger partial charge is 0.266 e. The van der Waals surface area contributed by atoms with Crippen LogP contribution in [0.3, 0.4) is 0 Å². The Hall–Kier alpha value is -3.22. The van der Waals surface area contributed by atoms with Crippen molar-refractivity contribution in [1.82, 2.24) is 24.1 Å². The van der Waals surface area contributed by atoms with Crippen LogP contribution in [-0.4, -0.2) is 30.8 Å². The van der Waals surface area contributed by atoms with E-state index in [9.17, 15) is 4.79 Å². The number of hydrogen-bond acceptors (Lipinski definition) is 5. The molecule has 0 aliphatic rings. The van der Waals surface area contributed by atoms with Crippen molar-refractivity contribution in [2.24, 2.45) is 0 Å². The number of aryl methyl sites for hydroxylation is 1. The van der Waals surface area contributed by atoms with E-state index in [4.69, 9.17) is 4.74 Å². The minimum absolute atomic E-state index is 0.165. The minimum Gasteiger partial charge on any atom is -0.492 e. The summed E-state index contributed by atoms with van der Waals surface area (Å²) in [5, 5.41) is 4.63. The van der Waals surface area contributed by atoms with E-state index in [1.807, 2.05) is 44.2 Å². The molecule has 0 saturated carbocycles. The van der Waals surface area contributed by atoms with Crippen molar-refractivity contribution in [2.45, 2.75) is 13.8 Å². The number of pyridine rings is 1. The Morgan fingerprint density at radius 3 is 2.88 bits per heavy atom. The van der Waals surface area contributed by atoms with Gasteiger partial charge in [-0.15, -0.1) is 0 Å². The lowest BCUT2D eigenvalue weighted by Gasteiger charge is -2.15. The highest BCUT2D eigenvalue weighted by Crippen LogP contribution is 2.24. The van der Waals surface area contributed by atoms with Gasteiger partial charge in [0, 0.05) is 11.9 Å². The SMILES string of the molecule is CCOc1ccccc1-n1c(C)cc2c(cnc3ncnn32)c1=O. The van der Waals surface area contributed by atoms with Gasteiger partial charge in [0.05, 0.1) is 23.2 Å². The number of nitrogens with zero attached hydrogens (tertiary/aromatic N) is 5. The fourth-order valence-electron chi connectivity index (χ4n) is 2.86. The first kappa shape index (κ1) is 14.4. The molecular formula is C17H15N5O2. The molecule has 0 bridgehead atoms. The summed E-state index contributed by atoms with van der Waals surface area (Å²) in [5.74, 6) is 1.13. The maximum absolute atomic E-state index is 13.1. The van der Waals surface area contributed by atoms with E-state index < -0.39 is 0 Å². The Kier molecular flexibility index (Phi) is 3.26. The molecule has 4 rings (SSSR count). The Morgan fingerprint density at radius 1 is 1.21 bits per heavy atom. The third kappa shape index (κ3) is 2.05. The van der Waals surface area contributed by atoms with Gasteiger partial charge < -0.3 is 4.74 Å². The minimum atomic E-state index is -0.165. The predicted octanol–water partition coefficient (Wildman–Crippen LogP) is 2.14. The zero-order chi connectivity index (χ0) is 16.7. The largest absolute Gasteiger partial charge is 0.492 e. The quantitative estimate of drug-likeness (QED) is 0.578. The van der Waals surface area contributed by atoms with Gasteiger partial charge in [0.15, 0.2) is 0 Å². The number of benzene rings is 1. The second-order valence-electron chi connectivity index (χ2n) is 5.36. The second kappa shape index (κ2) is 5.45. The van der Waals surface area contributed by atoms with Crippen LogP contribution in [-0.2, 0) is 0 Å². The van der Waals surface area contributed by atoms with Crippen LogP contribution in [0.25, 0.3) is 22.4 Å². The first-order valence-electron chi connectivity index (χ1n) is 7.64. The van der Waals surface area contributed by atoms with Crippen LogP contribution in [0.15, 0.2) is 47.7 Å². The Labute approximate surface area is 137 Å². The van der Waals surface area contributed by atoms with Gasteiger partial charge in [-0.3, -0.25) is 9.36 Å². The zero-order valence-electron chi connectivity index (χ0n) is 13.3. The van der Waals surface area contributed by atoms with E-state index in [2.05, 4.69) is 15.1 Å². The molecule has 7 heteroatoms. The normalized spacial score (nSPS) is 11.2. The number of ether oxygens (including phenoxy) is 1. The van der Waals surface area contributed by atoms with Crippen LogP contribution in [0.1, 0.15) is 12.6 Å².